The first-order valence-corrected chi connectivity index (χ1v) is 6.92. The molecule has 0 aliphatic carbocycles. The number of rotatable bonds is 4. The van der Waals surface area contributed by atoms with Crippen LogP contribution in [0.5, 0.6) is 0 Å². The summed E-state index contributed by atoms with van der Waals surface area (Å²) in [7, 11) is 1.86. The molecule has 0 atom stereocenters. The third kappa shape index (κ3) is 3.29. The number of hydrogen-bond acceptors (Lipinski definition) is 5. The second-order valence-corrected chi connectivity index (χ2v) is 5.90. The van der Waals surface area contributed by atoms with Gasteiger partial charge in [-0.1, -0.05) is 26.0 Å². The highest BCUT2D eigenvalue weighted by Crippen LogP contribution is 2.25. The molecule has 21 heavy (non-hydrogen) atoms. The van der Waals surface area contributed by atoms with E-state index in [0.29, 0.717) is 13.2 Å². The summed E-state index contributed by atoms with van der Waals surface area (Å²) >= 11 is 0. The number of hydrogen-bond donors (Lipinski definition) is 0. The summed E-state index contributed by atoms with van der Waals surface area (Å²) in [5.74, 6) is -0.435. The van der Waals surface area contributed by atoms with Crippen LogP contribution >= 0.6 is 0 Å². The maximum absolute atomic E-state index is 12.0. The third-order valence-electron chi connectivity index (χ3n) is 2.99. The number of ether oxygens (including phenoxy) is 1. The Kier molecular flexibility index (Phi) is 4.11. The lowest BCUT2D eigenvalue weighted by Gasteiger charge is -2.20. The number of aryl methyl sites for hydroxylation is 1. The van der Waals surface area contributed by atoms with E-state index in [-0.39, 0.29) is 11.1 Å². The fraction of sp³-hybridized carbons (Fsp3) is 0.571. The minimum Gasteiger partial charge on any atom is -0.461 e. The van der Waals surface area contributed by atoms with E-state index in [4.69, 9.17) is 4.74 Å². The largest absolute Gasteiger partial charge is 0.461 e. The molecule has 0 saturated heterocycles. The summed E-state index contributed by atoms with van der Waals surface area (Å²) in [6, 6.07) is 1.91. The van der Waals surface area contributed by atoms with Crippen LogP contribution in [0.15, 0.2) is 12.3 Å². The molecule has 7 heteroatoms. The monoisotopic (exact) mass is 291 g/mol. The number of nitrogens with zero attached hydrogens (tertiary/aromatic N) is 5. The Hall–Kier alpha value is -2.18. The van der Waals surface area contributed by atoms with Crippen LogP contribution in [0, 0.1) is 0 Å². The van der Waals surface area contributed by atoms with Crippen molar-refractivity contribution in [2.75, 3.05) is 6.61 Å². The standard InChI is InChI=1S/C14H21N5O2/c1-6-21-13(20)11-12(14(2,3)4)19(17-15-11)9-10-7-8-18(5)16-10/h7-8H,6,9H2,1-5H3. The normalized spacial score (nSPS) is 11.7. The molecule has 0 radical (unpaired) electrons. The summed E-state index contributed by atoms with van der Waals surface area (Å²) in [5.41, 5.74) is 1.62. The van der Waals surface area contributed by atoms with Gasteiger partial charge in [0, 0.05) is 18.7 Å². The summed E-state index contributed by atoms with van der Waals surface area (Å²) in [6.45, 7) is 8.61. The molecule has 2 rings (SSSR count). The number of carbonyl (C=O) groups excluding carboxylic acids is 1. The van der Waals surface area contributed by atoms with Crippen molar-refractivity contribution in [3.63, 3.8) is 0 Å². The Balaban J connectivity index is 2.39. The highest BCUT2D eigenvalue weighted by molar-refractivity contribution is 5.88. The number of esters is 1. The van der Waals surface area contributed by atoms with E-state index >= 15 is 0 Å². The predicted molar refractivity (Wildman–Crippen MR) is 77.0 cm³/mol. The summed E-state index contributed by atoms with van der Waals surface area (Å²) in [4.78, 5) is 12.0. The number of carbonyl (C=O) groups is 1. The molecule has 0 aliphatic rings. The topological polar surface area (TPSA) is 74.8 Å². The average Bonchev–Trinajstić information content (AvgIpc) is 2.96. The molecule has 0 aromatic carbocycles. The Labute approximate surface area is 123 Å². The van der Waals surface area contributed by atoms with Gasteiger partial charge in [0.05, 0.1) is 24.5 Å². The van der Waals surface area contributed by atoms with Crippen molar-refractivity contribution in [1.29, 1.82) is 0 Å². The fourth-order valence-electron chi connectivity index (χ4n) is 2.20. The molecule has 0 unspecified atom stereocenters. The molecule has 0 fully saturated rings. The van der Waals surface area contributed by atoms with Gasteiger partial charge in [-0.05, 0) is 13.0 Å². The van der Waals surface area contributed by atoms with Gasteiger partial charge in [-0.15, -0.1) is 5.10 Å². The van der Waals surface area contributed by atoms with Gasteiger partial charge in [-0.25, -0.2) is 9.48 Å². The van der Waals surface area contributed by atoms with E-state index in [2.05, 4.69) is 15.4 Å². The lowest BCUT2D eigenvalue weighted by molar-refractivity contribution is 0.0516. The zero-order chi connectivity index (χ0) is 15.6. The lowest BCUT2D eigenvalue weighted by atomic mass is 9.90. The van der Waals surface area contributed by atoms with Crippen LogP contribution in [0.2, 0.25) is 0 Å². The molecule has 0 aliphatic heterocycles. The van der Waals surface area contributed by atoms with Gasteiger partial charge >= 0.3 is 5.97 Å². The van der Waals surface area contributed by atoms with Gasteiger partial charge in [-0.3, -0.25) is 4.68 Å². The van der Waals surface area contributed by atoms with E-state index < -0.39 is 5.97 Å². The minimum atomic E-state index is -0.435. The maximum Gasteiger partial charge on any atom is 0.360 e. The summed E-state index contributed by atoms with van der Waals surface area (Å²) in [6.07, 6.45) is 1.87. The molecular weight excluding hydrogens is 270 g/mol. The summed E-state index contributed by atoms with van der Waals surface area (Å²) < 4.78 is 8.51. The SMILES string of the molecule is CCOC(=O)c1nnn(Cc2ccn(C)n2)c1C(C)(C)C. The molecule has 7 nitrogen and oxygen atoms in total. The van der Waals surface area contributed by atoms with E-state index in [9.17, 15) is 4.79 Å². The van der Waals surface area contributed by atoms with Crippen LogP contribution in [0.25, 0.3) is 0 Å². The van der Waals surface area contributed by atoms with Crippen molar-refractivity contribution in [2.24, 2.45) is 7.05 Å². The first kappa shape index (κ1) is 15.2. The van der Waals surface area contributed by atoms with E-state index in [0.717, 1.165) is 11.4 Å². The Morgan fingerprint density at radius 2 is 2.10 bits per heavy atom. The molecule has 2 aromatic rings. The third-order valence-corrected chi connectivity index (χ3v) is 2.99. The van der Waals surface area contributed by atoms with Gasteiger partial charge in [0.25, 0.3) is 0 Å². The van der Waals surface area contributed by atoms with Crippen molar-refractivity contribution in [3.8, 4) is 0 Å². The van der Waals surface area contributed by atoms with Crippen LogP contribution in [0.3, 0.4) is 0 Å². The first-order chi connectivity index (χ1) is 9.82. The second kappa shape index (κ2) is 5.67. The van der Waals surface area contributed by atoms with Gasteiger partial charge in [0.1, 0.15) is 0 Å². The van der Waals surface area contributed by atoms with Crippen molar-refractivity contribution in [1.82, 2.24) is 24.8 Å². The molecule has 0 amide bonds. The molecule has 2 aromatic heterocycles. The van der Waals surface area contributed by atoms with Gasteiger partial charge in [0.15, 0.2) is 5.69 Å². The first-order valence-electron chi connectivity index (χ1n) is 6.92. The van der Waals surface area contributed by atoms with Crippen molar-refractivity contribution >= 4 is 5.97 Å². The Morgan fingerprint density at radius 1 is 1.38 bits per heavy atom. The highest BCUT2D eigenvalue weighted by Gasteiger charge is 2.30. The van der Waals surface area contributed by atoms with E-state index in [1.54, 1.807) is 16.3 Å². The van der Waals surface area contributed by atoms with Gasteiger partial charge in [0.2, 0.25) is 0 Å². The molecule has 0 bridgehead atoms. The molecule has 0 spiro atoms. The highest BCUT2D eigenvalue weighted by atomic mass is 16.5. The van der Waals surface area contributed by atoms with Gasteiger partial charge in [-0.2, -0.15) is 5.10 Å². The Bertz CT molecular complexity index is 636. The number of aromatic nitrogens is 5. The predicted octanol–water partition coefficient (Wildman–Crippen LogP) is 1.53. The fourth-order valence-corrected chi connectivity index (χ4v) is 2.20. The van der Waals surface area contributed by atoms with Crippen molar-refractivity contribution < 1.29 is 9.53 Å². The van der Waals surface area contributed by atoms with Crippen LogP contribution in [-0.4, -0.2) is 37.4 Å². The van der Waals surface area contributed by atoms with Gasteiger partial charge < -0.3 is 4.74 Å². The molecule has 0 saturated carbocycles. The minimum absolute atomic E-state index is 0.277. The maximum atomic E-state index is 12.0. The van der Waals surface area contributed by atoms with E-state index in [1.165, 1.54) is 0 Å². The van der Waals surface area contributed by atoms with Crippen LogP contribution in [-0.2, 0) is 23.7 Å². The molecular formula is C14H21N5O2. The zero-order valence-corrected chi connectivity index (χ0v) is 13.1. The van der Waals surface area contributed by atoms with Crippen LogP contribution in [0.4, 0.5) is 0 Å². The Morgan fingerprint density at radius 3 is 2.62 bits per heavy atom. The smallest absolute Gasteiger partial charge is 0.360 e. The van der Waals surface area contributed by atoms with Crippen molar-refractivity contribution in [2.45, 2.75) is 39.7 Å². The lowest BCUT2D eigenvalue weighted by Crippen LogP contribution is -2.23. The van der Waals surface area contributed by atoms with Crippen LogP contribution < -0.4 is 0 Å². The molecule has 0 N–H and O–H groups in total. The van der Waals surface area contributed by atoms with Crippen LogP contribution in [0.1, 0.15) is 49.6 Å². The molecule has 2 heterocycles. The van der Waals surface area contributed by atoms with Crippen molar-refractivity contribution in [3.05, 3.63) is 29.3 Å². The zero-order valence-electron chi connectivity index (χ0n) is 13.1. The average molecular weight is 291 g/mol. The van der Waals surface area contributed by atoms with E-state index in [1.807, 2.05) is 40.1 Å². The summed E-state index contributed by atoms with van der Waals surface area (Å²) in [5, 5.41) is 12.4. The molecule has 114 valence electrons. The second-order valence-electron chi connectivity index (χ2n) is 5.90. The quantitative estimate of drug-likeness (QED) is 0.799.